The highest BCUT2D eigenvalue weighted by molar-refractivity contribution is 6.16. The van der Waals surface area contributed by atoms with Gasteiger partial charge in [0.15, 0.2) is 0 Å². The van der Waals surface area contributed by atoms with Gasteiger partial charge in [0.25, 0.3) is 0 Å². The van der Waals surface area contributed by atoms with Gasteiger partial charge in [-0.15, -0.1) is 11.6 Å². The van der Waals surface area contributed by atoms with E-state index < -0.39 is 0 Å². The van der Waals surface area contributed by atoms with Crippen LogP contribution in [0.3, 0.4) is 0 Å². The highest BCUT2D eigenvalue weighted by Crippen LogP contribution is 2.33. The molecular formula is C16H21ClN2O2. The predicted octanol–water partition coefficient (Wildman–Crippen LogP) is 3.91. The number of fused-ring (bicyclic) bond motifs is 1. The van der Waals surface area contributed by atoms with Crippen molar-refractivity contribution in [2.45, 2.75) is 44.7 Å². The summed E-state index contributed by atoms with van der Waals surface area (Å²) in [6, 6.07) is 6.26. The molecule has 3 rings (SSSR count). The lowest BCUT2D eigenvalue weighted by molar-refractivity contribution is 0.0738. The molecule has 1 aliphatic heterocycles. The molecule has 0 amide bonds. The van der Waals surface area contributed by atoms with Crippen LogP contribution < -0.4 is 4.74 Å². The Balaban J connectivity index is 2.09. The van der Waals surface area contributed by atoms with Crippen LogP contribution in [0.15, 0.2) is 18.2 Å². The van der Waals surface area contributed by atoms with Gasteiger partial charge in [-0.25, -0.2) is 4.98 Å². The molecule has 0 bridgehead atoms. The zero-order valence-electron chi connectivity index (χ0n) is 12.5. The summed E-state index contributed by atoms with van der Waals surface area (Å²) in [4.78, 5) is 4.69. The summed E-state index contributed by atoms with van der Waals surface area (Å²) in [7, 11) is 0. The maximum Gasteiger partial charge on any atom is 0.147 e. The standard InChI is InChI=1S/C16H21ClN2O2/c1-3-20-14-7-4-6-12-16(14)18-15(10-17)19(12)11(2)13-8-5-9-21-13/h4,6-7,11,13H,3,5,8-10H2,1-2H3. The molecule has 0 saturated carbocycles. The molecule has 1 aromatic heterocycles. The lowest BCUT2D eigenvalue weighted by Gasteiger charge is -2.22. The summed E-state index contributed by atoms with van der Waals surface area (Å²) in [6.45, 7) is 5.64. The van der Waals surface area contributed by atoms with E-state index in [-0.39, 0.29) is 12.1 Å². The van der Waals surface area contributed by atoms with E-state index >= 15 is 0 Å². The second-order valence-corrected chi connectivity index (χ2v) is 5.65. The van der Waals surface area contributed by atoms with Crippen LogP contribution in [0.2, 0.25) is 0 Å². The van der Waals surface area contributed by atoms with Crippen LogP contribution in [0, 0.1) is 0 Å². The van der Waals surface area contributed by atoms with Crippen LogP contribution in [0.1, 0.15) is 38.6 Å². The number of alkyl halides is 1. The molecule has 0 aliphatic carbocycles. The van der Waals surface area contributed by atoms with Crippen molar-refractivity contribution in [3.63, 3.8) is 0 Å². The number of ether oxygens (including phenoxy) is 2. The van der Waals surface area contributed by atoms with Gasteiger partial charge >= 0.3 is 0 Å². The van der Waals surface area contributed by atoms with Crippen LogP contribution in [0.4, 0.5) is 0 Å². The molecular weight excluding hydrogens is 288 g/mol. The summed E-state index contributed by atoms with van der Waals surface area (Å²) in [5, 5.41) is 0. The highest BCUT2D eigenvalue weighted by atomic mass is 35.5. The van der Waals surface area contributed by atoms with Crippen molar-refractivity contribution in [2.24, 2.45) is 0 Å². The van der Waals surface area contributed by atoms with Gasteiger partial charge < -0.3 is 14.0 Å². The fourth-order valence-electron chi connectivity index (χ4n) is 3.11. The minimum absolute atomic E-state index is 0.225. The smallest absolute Gasteiger partial charge is 0.147 e. The molecule has 0 radical (unpaired) electrons. The van der Waals surface area contributed by atoms with E-state index in [4.69, 9.17) is 26.1 Å². The second kappa shape index (κ2) is 6.24. The molecule has 2 aromatic rings. The third kappa shape index (κ3) is 2.62. The first-order valence-corrected chi connectivity index (χ1v) is 8.10. The molecule has 114 valence electrons. The number of benzene rings is 1. The van der Waals surface area contributed by atoms with Crippen molar-refractivity contribution in [3.05, 3.63) is 24.0 Å². The number of aromatic nitrogens is 2. The summed E-state index contributed by atoms with van der Waals surface area (Å²) in [5.74, 6) is 2.08. The fourth-order valence-corrected chi connectivity index (χ4v) is 3.30. The summed E-state index contributed by atoms with van der Waals surface area (Å²) in [5.41, 5.74) is 1.96. The average Bonchev–Trinajstić information content (AvgIpc) is 3.14. The van der Waals surface area contributed by atoms with E-state index in [1.165, 1.54) is 0 Å². The molecule has 4 nitrogen and oxygen atoms in total. The van der Waals surface area contributed by atoms with Crippen molar-refractivity contribution < 1.29 is 9.47 Å². The summed E-state index contributed by atoms with van der Waals surface area (Å²) >= 11 is 6.12. The SMILES string of the molecule is CCOc1cccc2c1nc(CCl)n2C(C)C1CCCO1. The molecule has 1 fully saturated rings. The molecule has 5 heteroatoms. The van der Waals surface area contributed by atoms with E-state index in [1.807, 2.05) is 19.1 Å². The second-order valence-electron chi connectivity index (χ2n) is 5.38. The number of hydrogen-bond donors (Lipinski definition) is 0. The van der Waals surface area contributed by atoms with Crippen LogP contribution in [-0.2, 0) is 10.6 Å². The molecule has 2 atom stereocenters. The van der Waals surface area contributed by atoms with E-state index in [1.54, 1.807) is 0 Å². The monoisotopic (exact) mass is 308 g/mol. The van der Waals surface area contributed by atoms with Crippen LogP contribution in [0.5, 0.6) is 5.75 Å². The van der Waals surface area contributed by atoms with Gasteiger partial charge in [-0.3, -0.25) is 0 Å². The Morgan fingerprint density at radius 2 is 2.38 bits per heavy atom. The Morgan fingerprint density at radius 1 is 1.52 bits per heavy atom. The van der Waals surface area contributed by atoms with Gasteiger partial charge in [-0.05, 0) is 38.8 Å². The van der Waals surface area contributed by atoms with Gasteiger partial charge in [0, 0.05) is 6.61 Å². The minimum atomic E-state index is 0.225. The van der Waals surface area contributed by atoms with Crippen LogP contribution in [0.25, 0.3) is 11.0 Å². The van der Waals surface area contributed by atoms with Crippen molar-refractivity contribution in [3.8, 4) is 5.75 Å². The van der Waals surface area contributed by atoms with E-state index in [9.17, 15) is 0 Å². The Labute approximate surface area is 130 Å². The topological polar surface area (TPSA) is 36.3 Å². The number of imidazole rings is 1. The van der Waals surface area contributed by atoms with Gasteiger partial charge in [0.1, 0.15) is 17.1 Å². The molecule has 21 heavy (non-hydrogen) atoms. The fraction of sp³-hybridized carbons (Fsp3) is 0.562. The van der Waals surface area contributed by atoms with Gasteiger partial charge in [-0.1, -0.05) is 6.07 Å². The lowest BCUT2D eigenvalue weighted by atomic mass is 10.1. The third-order valence-electron chi connectivity index (χ3n) is 4.09. The molecule has 1 aliphatic rings. The average molecular weight is 309 g/mol. The highest BCUT2D eigenvalue weighted by Gasteiger charge is 2.27. The van der Waals surface area contributed by atoms with Gasteiger partial charge in [0.05, 0.1) is 30.1 Å². The number of para-hydroxylation sites is 1. The maximum atomic E-state index is 6.12. The Kier molecular flexibility index (Phi) is 4.36. The largest absolute Gasteiger partial charge is 0.492 e. The third-order valence-corrected chi connectivity index (χ3v) is 4.32. The Hall–Kier alpha value is -1.26. The maximum absolute atomic E-state index is 6.12. The van der Waals surface area contributed by atoms with Crippen molar-refractivity contribution >= 4 is 22.6 Å². The Bertz CT molecular complexity index is 620. The van der Waals surface area contributed by atoms with E-state index in [2.05, 4.69) is 17.6 Å². The zero-order valence-corrected chi connectivity index (χ0v) is 13.3. The van der Waals surface area contributed by atoms with Crippen LogP contribution >= 0.6 is 11.6 Å². The van der Waals surface area contributed by atoms with E-state index in [0.29, 0.717) is 12.5 Å². The van der Waals surface area contributed by atoms with Crippen molar-refractivity contribution in [1.29, 1.82) is 0 Å². The first-order chi connectivity index (χ1) is 10.3. The first-order valence-electron chi connectivity index (χ1n) is 7.56. The molecule has 1 saturated heterocycles. The lowest BCUT2D eigenvalue weighted by Crippen LogP contribution is -2.22. The number of nitrogens with zero attached hydrogens (tertiary/aromatic N) is 2. The number of hydrogen-bond acceptors (Lipinski definition) is 3. The summed E-state index contributed by atoms with van der Waals surface area (Å²) < 4.78 is 13.7. The zero-order chi connectivity index (χ0) is 14.8. The Morgan fingerprint density at radius 3 is 3.05 bits per heavy atom. The normalized spacial score (nSPS) is 20.0. The molecule has 2 heterocycles. The van der Waals surface area contributed by atoms with Crippen molar-refractivity contribution in [2.75, 3.05) is 13.2 Å². The van der Waals surface area contributed by atoms with Gasteiger partial charge in [-0.2, -0.15) is 0 Å². The number of rotatable bonds is 5. The predicted molar refractivity (Wildman–Crippen MR) is 84.1 cm³/mol. The quantitative estimate of drug-likeness (QED) is 0.786. The molecule has 2 unspecified atom stereocenters. The first kappa shape index (κ1) is 14.7. The van der Waals surface area contributed by atoms with Gasteiger partial charge in [0.2, 0.25) is 0 Å². The summed E-state index contributed by atoms with van der Waals surface area (Å²) in [6.07, 6.45) is 2.45. The molecule has 0 N–H and O–H groups in total. The molecule has 1 aromatic carbocycles. The number of halogens is 1. The van der Waals surface area contributed by atoms with Crippen molar-refractivity contribution in [1.82, 2.24) is 9.55 Å². The molecule has 0 spiro atoms. The van der Waals surface area contributed by atoms with E-state index in [0.717, 1.165) is 42.1 Å². The minimum Gasteiger partial charge on any atom is -0.492 e. The van der Waals surface area contributed by atoms with Crippen LogP contribution in [-0.4, -0.2) is 28.9 Å².